The van der Waals surface area contributed by atoms with Gasteiger partial charge in [-0.1, -0.05) is 91.0 Å². The van der Waals surface area contributed by atoms with E-state index in [0.717, 1.165) is 67.2 Å². The maximum atomic E-state index is 7.05. The Morgan fingerprint density at radius 3 is 1.28 bits per heavy atom. The van der Waals surface area contributed by atoms with Crippen LogP contribution in [0.4, 0.5) is 0 Å². The van der Waals surface area contributed by atoms with E-state index in [1.165, 1.54) is 32.7 Å². The van der Waals surface area contributed by atoms with E-state index in [1.54, 1.807) is 0 Å². The van der Waals surface area contributed by atoms with Gasteiger partial charge in [-0.05, 0) is 112 Å². The standard InChI is InChI=1S/C52H34N4O/c1-2-10-35(11-3-1)38-18-19-52-48(31-38)47-14-6-9-17-51(47)56(52)42-32-41(55-49-15-7-4-12-45(49)46-13-5-8-16-50(46)55)33-44(34-42)57-43-29-39(36-20-24-53-25-21-36)28-40(30-43)37-22-26-54-27-23-37/h1-34H. The summed E-state index contributed by atoms with van der Waals surface area (Å²) in [6.45, 7) is 0. The number of rotatable bonds is 7. The summed E-state index contributed by atoms with van der Waals surface area (Å²) in [6.07, 6.45) is 7.30. The zero-order valence-electron chi connectivity index (χ0n) is 30.8. The lowest BCUT2D eigenvalue weighted by Crippen LogP contribution is -2.00. The highest BCUT2D eigenvalue weighted by Gasteiger charge is 2.18. The largest absolute Gasteiger partial charge is 0.457 e. The molecule has 0 N–H and O–H groups in total. The maximum absolute atomic E-state index is 7.05. The second-order valence-corrected chi connectivity index (χ2v) is 14.3. The van der Waals surface area contributed by atoms with Gasteiger partial charge in [0.2, 0.25) is 0 Å². The minimum atomic E-state index is 0.726. The topological polar surface area (TPSA) is 44.9 Å². The molecule has 0 aliphatic heterocycles. The van der Waals surface area contributed by atoms with E-state index in [9.17, 15) is 0 Å². The lowest BCUT2D eigenvalue weighted by molar-refractivity contribution is 0.482. The van der Waals surface area contributed by atoms with E-state index in [4.69, 9.17) is 4.74 Å². The van der Waals surface area contributed by atoms with E-state index >= 15 is 0 Å². The number of pyridine rings is 2. The third kappa shape index (κ3) is 5.72. The van der Waals surface area contributed by atoms with Crippen LogP contribution in [-0.4, -0.2) is 19.1 Å². The van der Waals surface area contributed by atoms with Crippen LogP contribution in [-0.2, 0) is 0 Å². The van der Waals surface area contributed by atoms with Gasteiger partial charge < -0.3 is 13.9 Å². The first-order valence-corrected chi connectivity index (χ1v) is 19.1. The van der Waals surface area contributed by atoms with Crippen LogP contribution >= 0.6 is 0 Å². The molecule has 0 saturated carbocycles. The summed E-state index contributed by atoms with van der Waals surface area (Å²) in [5.41, 5.74) is 13.1. The summed E-state index contributed by atoms with van der Waals surface area (Å²) in [5, 5.41) is 4.81. The predicted octanol–water partition coefficient (Wildman–Crippen LogP) is 13.5. The molecule has 7 aromatic carbocycles. The Labute approximate surface area is 329 Å². The molecule has 0 unspecified atom stereocenters. The van der Waals surface area contributed by atoms with Crippen LogP contribution in [0.5, 0.6) is 11.5 Å². The molecular weight excluding hydrogens is 697 g/mol. The van der Waals surface area contributed by atoms with E-state index in [1.807, 2.05) is 49.1 Å². The third-order valence-corrected chi connectivity index (χ3v) is 10.9. The molecule has 11 rings (SSSR count). The van der Waals surface area contributed by atoms with Crippen molar-refractivity contribution in [2.45, 2.75) is 0 Å². The number of hydrogen-bond acceptors (Lipinski definition) is 3. The van der Waals surface area contributed by atoms with Crippen molar-refractivity contribution in [3.63, 3.8) is 0 Å². The molecule has 11 aromatic rings. The van der Waals surface area contributed by atoms with Crippen LogP contribution in [0.25, 0.3) is 88.4 Å². The van der Waals surface area contributed by atoms with Crippen molar-refractivity contribution in [2.24, 2.45) is 0 Å². The molecule has 57 heavy (non-hydrogen) atoms. The normalized spacial score (nSPS) is 11.5. The Bertz CT molecular complexity index is 3150. The van der Waals surface area contributed by atoms with Crippen LogP contribution in [0.2, 0.25) is 0 Å². The van der Waals surface area contributed by atoms with Crippen molar-refractivity contribution in [1.82, 2.24) is 19.1 Å². The quantitative estimate of drug-likeness (QED) is 0.164. The summed E-state index contributed by atoms with van der Waals surface area (Å²) in [4.78, 5) is 8.54. The van der Waals surface area contributed by atoms with Gasteiger partial charge in [-0.15, -0.1) is 0 Å². The van der Waals surface area contributed by atoms with Crippen molar-refractivity contribution in [1.29, 1.82) is 0 Å². The Morgan fingerprint density at radius 2 is 0.737 bits per heavy atom. The smallest absolute Gasteiger partial charge is 0.131 e. The zero-order chi connectivity index (χ0) is 37.7. The Kier molecular flexibility index (Phi) is 7.74. The first-order valence-electron chi connectivity index (χ1n) is 19.1. The number of ether oxygens (including phenoxy) is 1. The van der Waals surface area contributed by atoms with Gasteiger partial charge in [0.25, 0.3) is 0 Å². The fraction of sp³-hybridized carbons (Fsp3) is 0. The van der Waals surface area contributed by atoms with Crippen LogP contribution in [0.3, 0.4) is 0 Å². The molecule has 5 nitrogen and oxygen atoms in total. The molecule has 268 valence electrons. The molecule has 0 bridgehead atoms. The minimum absolute atomic E-state index is 0.726. The Hall–Kier alpha value is -7.76. The molecule has 0 spiro atoms. The van der Waals surface area contributed by atoms with Gasteiger partial charge in [0.1, 0.15) is 11.5 Å². The number of nitrogens with zero attached hydrogens (tertiary/aromatic N) is 4. The van der Waals surface area contributed by atoms with E-state index in [2.05, 4.69) is 177 Å². The molecule has 0 saturated heterocycles. The highest BCUT2D eigenvalue weighted by molar-refractivity contribution is 6.11. The average molecular weight is 731 g/mol. The van der Waals surface area contributed by atoms with Crippen molar-refractivity contribution in [2.75, 3.05) is 0 Å². The van der Waals surface area contributed by atoms with Gasteiger partial charge in [0, 0.05) is 58.5 Å². The predicted molar refractivity (Wildman–Crippen MR) is 234 cm³/mol. The monoisotopic (exact) mass is 730 g/mol. The summed E-state index contributed by atoms with van der Waals surface area (Å²) in [5.74, 6) is 1.46. The van der Waals surface area contributed by atoms with Gasteiger partial charge in [-0.2, -0.15) is 0 Å². The number of benzene rings is 7. The first-order chi connectivity index (χ1) is 28.2. The molecule has 0 amide bonds. The Morgan fingerprint density at radius 1 is 0.298 bits per heavy atom. The maximum Gasteiger partial charge on any atom is 0.131 e. The van der Waals surface area contributed by atoms with E-state index in [-0.39, 0.29) is 0 Å². The van der Waals surface area contributed by atoms with Crippen LogP contribution in [0.1, 0.15) is 0 Å². The van der Waals surface area contributed by atoms with E-state index in [0.29, 0.717) is 0 Å². The fourth-order valence-corrected chi connectivity index (χ4v) is 8.36. The summed E-state index contributed by atoms with van der Waals surface area (Å²) < 4.78 is 11.8. The van der Waals surface area contributed by atoms with Crippen LogP contribution < -0.4 is 4.74 Å². The van der Waals surface area contributed by atoms with Gasteiger partial charge in [-0.25, -0.2) is 0 Å². The molecule has 4 heterocycles. The molecule has 4 aromatic heterocycles. The lowest BCUT2D eigenvalue weighted by atomic mass is 10.00. The molecule has 0 aliphatic rings. The second kappa shape index (κ2) is 13.5. The Balaban J connectivity index is 1.16. The van der Waals surface area contributed by atoms with Crippen LogP contribution in [0.15, 0.2) is 207 Å². The second-order valence-electron chi connectivity index (χ2n) is 14.3. The molecular formula is C52H34N4O. The summed E-state index contributed by atoms with van der Waals surface area (Å²) >= 11 is 0. The molecule has 0 aliphatic carbocycles. The van der Waals surface area contributed by atoms with Gasteiger partial charge >= 0.3 is 0 Å². The lowest BCUT2D eigenvalue weighted by Gasteiger charge is -2.17. The van der Waals surface area contributed by atoms with E-state index < -0.39 is 0 Å². The zero-order valence-corrected chi connectivity index (χ0v) is 30.8. The van der Waals surface area contributed by atoms with Gasteiger partial charge in [-0.3, -0.25) is 9.97 Å². The number of aromatic nitrogens is 4. The average Bonchev–Trinajstić information content (AvgIpc) is 3.80. The van der Waals surface area contributed by atoms with Gasteiger partial charge in [0.05, 0.1) is 33.4 Å². The highest BCUT2D eigenvalue weighted by atomic mass is 16.5. The number of fused-ring (bicyclic) bond motifs is 6. The van der Waals surface area contributed by atoms with Crippen molar-refractivity contribution in [3.05, 3.63) is 207 Å². The number of para-hydroxylation sites is 3. The van der Waals surface area contributed by atoms with Crippen molar-refractivity contribution in [3.8, 4) is 56.3 Å². The molecule has 0 atom stereocenters. The summed E-state index contributed by atoms with van der Waals surface area (Å²) in [6, 6.07) is 64.5. The third-order valence-electron chi connectivity index (χ3n) is 10.9. The molecule has 0 radical (unpaired) electrons. The highest BCUT2D eigenvalue weighted by Crippen LogP contribution is 2.40. The molecule has 5 heteroatoms. The van der Waals surface area contributed by atoms with Crippen LogP contribution in [0, 0.1) is 0 Å². The fourth-order valence-electron chi connectivity index (χ4n) is 8.36. The number of hydrogen-bond donors (Lipinski definition) is 0. The van der Waals surface area contributed by atoms with Crippen molar-refractivity contribution < 1.29 is 4.74 Å². The van der Waals surface area contributed by atoms with Gasteiger partial charge in [0.15, 0.2) is 0 Å². The SMILES string of the molecule is c1ccc(-c2ccc3c(c2)c2ccccc2n3-c2cc(Oc3cc(-c4ccncc4)cc(-c4ccncc4)c3)cc(-n3c4ccccc4c4ccccc43)c2)cc1. The first kappa shape index (κ1) is 32.7. The summed E-state index contributed by atoms with van der Waals surface area (Å²) in [7, 11) is 0. The van der Waals surface area contributed by atoms with Crippen molar-refractivity contribution >= 4 is 43.6 Å². The minimum Gasteiger partial charge on any atom is -0.457 e. The molecule has 0 fully saturated rings.